The van der Waals surface area contributed by atoms with E-state index in [-0.39, 0.29) is 5.23 Å². The fraction of sp³-hybridized carbons (Fsp3) is 0.143. The smallest absolute Gasteiger partial charge is 0.0939 e. The van der Waals surface area contributed by atoms with E-state index in [1.165, 1.54) is 0 Å². The lowest BCUT2D eigenvalue weighted by atomic mass is 10.4. The van der Waals surface area contributed by atoms with Crippen LogP contribution in [-0.2, 0) is 0 Å². The van der Waals surface area contributed by atoms with E-state index < -0.39 is 0 Å². The van der Waals surface area contributed by atoms with Gasteiger partial charge in [-0.05, 0) is 18.6 Å². The highest BCUT2D eigenvalue weighted by Crippen LogP contribution is 2.05. The molecule has 0 radical (unpaired) electrons. The Balaban J connectivity index is 2.73. The van der Waals surface area contributed by atoms with Crippen LogP contribution in [-0.4, -0.2) is 15.6 Å². The SMILES string of the molecule is ON(O)C1=CC=CCC=C1. The molecule has 0 unspecified atom stereocenters. The summed E-state index contributed by atoms with van der Waals surface area (Å²) in [7, 11) is 0. The first-order valence-electron chi connectivity index (χ1n) is 3.02. The first-order chi connectivity index (χ1) is 4.80. The van der Waals surface area contributed by atoms with Crippen molar-refractivity contribution in [2.75, 3.05) is 0 Å². The fourth-order valence-electron chi connectivity index (χ4n) is 0.701. The summed E-state index contributed by atoms with van der Waals surface area (Å²) in [5.74, 6) is 0. The second-order valence-corrected chi connectivity index (χ2v) is 1.95. The van der Waals surface area contributed by atoms with Crippen molar-refractivity contribution in [3.8, 4) is 0 Å². The molecule has 0 heterocycles. The molecule has 54 valence electrons. The van der Waals surface area contributed by atoms with Gasteiger partial charge in [-0.2, -0.15) is 0 Å². The van der Waals surface area contributed by atoms with Crippen molar-refractivity contribution in [2.24, 2.45) is 0 Å². The molecule has 0 bridgehead atoms. The maximum atomic E-state index is 8.54. The summed E-state index contributed by atoms with van der Waals surface area (Å²) in [5, 5.41) is 17.2. The predicted octanol–water partition coefficient (Wildman–Crippen LogP) is 1.47. The molecule has 0 aromatic rings. The Morgan fingerprint density at radius 3 is 2.80 bits per heavy atom. The van der Waals surface area contributed by atoms with Crippen LogP contribution in [0.2, 0.25) is 0 Å². The van der Waals surface area contributed by atoms with Gasteiger partial charge in [0, 0.05) is 0 Å². The quantitative estimate of drug-likeness (QED) is 0.540. The molecule has 0 aromatic carbocycles. The molecule has 0 aromatic heterocycles. The molecule has 2 N–H and O–H groups in total. The van der Waals surface area contributed by atoms with Crippen LogP contribution in [0.4, 0.5) is 0 Å². The Bertz CT molecular complexity index is 192. The van der Waals surface area contributed by atoms with Gasteiger partial charge < -0.3 is 0 Å². The molecular formula is C7H9NO2. The molecule has 0 saturated heterocycles. The van der Waals surface area contributed by atoms with Gasteiger partial charge in [0.2, 0.25) is 0 Å². The van der Waals surface area contributed by atoms with Gasteiger partial charge in [-0.25, -0.2) is 0 Å². The van der Waals surface area contributed by atoms with Gasteiger partial charge in [0.15, 0.2) is 0 Å². The molecule has 1 aliphatic rings. The van der Waals surface area contributed by atoms with Crippen molar-refractivity contribution in [1.29, 1.82) is 0 Å². The highest BCUT2D eigenvalue weighted by molar-refractivity contribution is 5.24. The fourth-order valence-corrected chi connectivity index (χ4v) is 0.701. The molecule has 0 atom stereocenters. The Morgan fingerprint density at radius 1 is 1.30 bits per heavy atom. The number of hydrogen-bond acceptors (Lipinski definition) is 3. The second-order valence-electron chi connectivity index (χ2n) is 1.95. The van der Waals surface area contributed by atoms with E-state index in [1.54, 1.807) is 18.2 Å². The van der Waals surface area contributed by atoms with Crippen LogP contribution < -0.4 is 0 Å². The first kappa shape index (κ1) is 7.05. The van der Waals surface area contributed by atoms with Crippen molar-refractivity contribution in [2.45, 2.75) is 6.42 Å². The Labute approximate surface area is 59.1 Å². The van der Waals surface area contributed by atoms with E-state index >= 15 is 0 Å². The third-order valence-corrected chi connectivity index (χ3v) is 1.19. The van der Waals surface area contributed by atoms with Gasteiger partial charge in [0.05, 0.1) is 5.70 Å². The zero-order valence-corrected chi connectivity index (χ0v) is 5.44. The van der Waals surface area contributed by atoms with Gasteiger partial charge >= 0.3 is 0 Å². The summed E-state index contributed by atoms with van der Waals surface area (Å²) in [6.45, 7) is 0. The van der Waals surface area contributed by atoms with Crippen LogP contribution in [0, 0.1) is 0 Å². The molecule has 1 aliphatic carbocycles. The predicted molar refractivity (Wildman–Crippen MR) is 36.4 cm³/mol. The van der Waals surface area contributed by atoms with Gasteiger partial charge in [-0.3, -0.25) is 10.4 Å². The van der Waals surface area contributed by atoms with Gasteiger partial charge in [0.25, 0.3) is 0 Å². The van der Waals surface area contributed by atoms with Crippen molar-refractivity contribution in [1.82, 2.24) is 5.23 Å². The van der Waals surface area contributed by atoms with Crippen LogP contribution in [0.3, 0.4) is 0 Å². The lowest BCUT2D eigenvalue weighted by molar-refractivity contribution is -0.275. The van der Waals surface area contributed by atoms with Gasteiger partial charge in [-0.1, -0.05) is 18.2 Å². The van der Waals surface area contributed by atoms with Crippen molar-refractivity contribution < 1.29 is 10.4 Å². The molecule has 0 saturated carbocycles. The zero-order valence-electron chi connectivity index (χ0n) is 5.44. The number of nitrogens with zero attached hydrogens (tertiary/aromatic N) is 1. The molecule has 0 amide bonds. The molecule has 3 heteroatoms. The molecular weight excluding hydrogens is 130 g/mol. The summed E-state index contributed by atoms with van der Waals surface area (Å²) in [6.07, 6.45) is 9.62. The van der Waals surface area contributed by atoms with Crippen LogP contribution in [0.25, 0.3) is 0 Å². The maximum Gasteiger partial charge on any atom is 0.0939 e. The van der Waals surface area contributed by atoms with Crippen LogP contribution in [0.5, 0.6) is 0 Å². The van der Waals surface area contributed by atoms with Crippen LogP contribution in [0.1, 0.15) is 6.42 Å². The molecule has 10 heavy (non-hydrogen) atoms. The topological polar surface area (TPSA) is 43.7 Å². The monoisotopic (exact) mass is 139 g/mol. The maximum absolute atomic E-state index is 8.54. The van der Waals surface area contributed by atoms with Crippen LogP contribution in [0.15, 0.2) is 36.1 Å². The lowest BCUT2D eigenvalue weighted by Gasteiger charge is -2.06. The normalized spacial score (nSPS) is 16.4. The molecule has 0 spiro atoms. The van der Waals surface area contributed by atoms with Crippen molar-refractivity contribution >= 4 is 0 Å². The van der Waals surface area contributed by atoms with E-state index in [2.05, 4.69) is 0 Å². The third kappa shape index (κ3) is 1.72. The van der Waals surface area contributed by atoms with Crippen molar-refractivity contribution in [3.63, 3.8) is 0 Å². The highest BCUT2D eigenvalue weighted by atomic mass is 16.8. The van der Waals surface area contributed by atoms with E-state index in [1.807, 2.05) is 12.2 Å². The summed E-state index contributed by atoms with van der Waals surface area (Å²) in [5.41, 5.74) is 0.369. The molecule has 0 aliphatic heterocycles. The van der Waals surface area contributed by atoms with E-state index in [4.69, 9.17) is 10.4 Å². The van der Waals surface area contributed by atoms with E-state index in [0.717, 1.165) is 6.42 Å². The summed E-state index contributed by atoms with van der Waals surface area (Å²) in [4.78, 5) is 0. The van der Waals surface area contributed by atoms with Gasteiger partial charge in [0.1, 0.15) is 0 Å². The van der Waals surface area contributed by atoms with Crippen molar-refractivity contribution in [3.05, 3.63) is 36.1 Å². The third-order valence-electron chi connectivity index (χ3n) is 1.19. The number of allylic oxidation sites excluding steroid dienone is 5. The second kappa shape index (κ2) is 3.20. The minimum Gasteiger partial charge on any atom is -0.264 e. The zero-order chi connectivity index (χ0) is 7.40. The van der Waals surface area contributed by atoms with E-state index in [9.17, 15) is 0 Å². The number of hydrogen-bond donors (Lipinski definition) is 2. The standard InChI is InChI=1S/C7H9NO2/c9-8(10)7-5-3-1-2-4-6-7/h1,3-6,9-10H,2H2. The van der Waals surface area contributed by atoms with E-state index in [0.29, 0.717) is 5.70 Å². The first-order valence-corrected chi connectivity index (χ1v) is 3.02. The summed E-state index contributed by atoms with van der Waals surface area (Å²) in [6, 6.07) is 0. The Morgan fingerprint density at radius 2 is 2.10 bits per heavy atom. The molecule has 1 rings (SSSR count). The molecule has 0 fully saturated rings. The average molecular weight is 139 g/mol. The summed E-state index contributed by atoms with van der Waals surface area (Å²) >= 11 is 0. The van der Waals surface area contributed by atoms with Gasteiger partial charge in [-0.15, -0.1) is 5.23 Å². The lowest BCUT2D eigenvalue weighted by Crippen LogP contribution is -2.10. The minimum atomic E-state index is 0.103. The number of hydroxylamine groups is 2. The number of rotatable bonds is 1. The Kier molecular flexibility index (Phi) is 2.25. The largest absolute Gasteiger partial charge is 0.264 e. The average Bonchev–Trinajstić information content (AvgIpc) is 2.12. The summed E-state index contributed by atoms with van der Waals surface area (Å²) < 4.78 is 0. The minimum absolute atomic E-state index is 0.103. The highest BCUT2D eigenvalue weighted by Gasteiger charge is 1.96. The van der Waals surface area contributed by atoms with Crippen LogP contribution >= 0.6 is 0 Å². The molecule has 3 nitrogen and oxygen atoms in total. The Hall–Kier alpha value is -1.06.